The lowest BCUT2D eigenvalue weighted by Crippen LogP contribution is -2.31. The molecule has 0 heterocycles. The minimum absolute atomic E-state index is 0.528. The van der Waals surface area contributed by atoms with Crippen LogP contribution in [0.4, 0.5) is 5.69 Å². The number of anilines is 1. The zero-order valence-electron chi connectivity index (χ0n) is 13.1. The highest BCUT2D eigenvalue weighted by atomic mass is 15.1. The Kier molecular flexibility index (Phi) is 5.82. The average Bonchev–Trinajstić information content (AvgIpc) is 2.49. The largest absolute Gasteiger partial charge is 0.398 e. The predicted molar refractivity (Wildman–Crippen MR) is 91.2 cm³/mol. The minimum Gasteiger partial charge on any atom is -0.398 e. The van der Waals surface area contributed by atoms with Gasteiger partial charge in [0.2, 0.25) is 0 Å². The van der Waals surface area contributed by atoms with E-state index in [4.69, 9.17) is 5.73 Å². The van der Waals surface area contributed by atoms with Crippen molar-refractivity contribution >= 4 is 5.69 Å². The normalized spacial score (nSPS) is 11.2. The number of para-hydroxylation sites is 1. The van der Waals surface area contributed by atoms with Gasteiger partial charge in [-0.1, -0.05) is 48.5 Å². The summed E-state index contributed by atoms with van der Waals surface area (Å²) in [6.07, 6.45) is 2.31. The molecule has 112 valence electrons. The van der Waals surface area contributed by atoms with E-state index in [1.807, 2.05) is 12.1 Å². The molecule has 0 aliphatic carbocycles. The van der Waals surface area contributed by atoms with E-state index in [0.29, 0.717) is 6.04 Å². The van der Waals surface area contributed by atoms with E-state index in [1.165, 1.54) is 17.5 Å². The lowest BCUT2D eigenvalue weighted by molar-refractivity contribution is 0.211. The summed E-state index contributed by atoms with van der Waals surface area (Å²) in [6, 6.07) is 19.4. The standard InChI is InChI=1S/C19H26N2/c1-16(2)21(15-18-12-6-7-13-19(18)20)14-8-11-17-9-4-3-5-10-17/h3-7,9-10,12-13,16H,8,11,14-15,20H2,1-2H3. The van der Waals surface area contributed by atoms with Crippen LogP contribution in [0.1, 0.15) is 31.4 Å². The molecule has 2 heteroatoms. The van der Waals surface area contributed by atoms with E-state index >= 15 is 0 Å². The van der Waals surface area contributed by atoms with Crippen molar-refractivity contribution in [2.24, 2.45) is 0 Å². The van der Waals surface area contributed by atoms with Crippen LogP contribution in [0.5, 0.6) is 0 Å². The van der Waals surface area contributed by atoms with Crippen molar-refractivity contribution in [2.45, 2.75) is 39.3 Å². The van der Waals surface area contributed by atoms with Crippen LogP contribution in [0.15, 0.2) is 54.6 Å². The van der Waals surface area contributed by atoms with Crippen molar-refractivity contribution in [1.82, 2.24) is 4.90 Å². The van der Waals surface area contributed by atoms with Gasteiger partial charge in [0.25, 0.3) is 0 Å². The second-order valence-corrected chi connectivity index (χ2v) is 5.85. The smallest absolute Gasteiger partial charge is 0.0359 e. The van der Waals surface area contributed by atoms with Crippen LogP contribution < -0.4 is 5.73 Å². The number of nitrogen functional groups attached to an aromatic ring is 1. The summed E-state index contributed by atoms with van der Waals surface area (Å²) < 4.78 is 0. The van der Waals surface area contributed by atoms with E-state index in [0.717, 1.165) is 25.2 Å². The predicted octanol–water partition coefficient (Wildman–Crippen LogP) is 4.11. The Morgan fingerprint density at radius 1 is 0.952 bits per heavy atom. The van der Waals surface area contributed by atoms with Gasteiger partial charge in [0.15, 0.2) is 0 Å². The van der Waals surface area contributed by atoms with Crippen LogP contribution in [-0.2, 0) is 13.0 Å². The summed E-state index contributed by atoms with van der Waals surface area (Å²) in [4.78, 5) is 2.49. The van der Waals surface area contributed by atoms with Crippen molar-refractivity contribution in [3.8, 4) is 0 Å². The van der Waals surface area contributed by atoms with Crippen LogP contribution in [0, 0.1) is 0 Å². The third-order valence-electron chi connectivity index (χ3n) is 3.91. The van der Waals surface area contributed by atoms with Gasteiger partial charge in [-0.25, -0.2) is 0 Å². The molecule has 0 atom stereocenters. The number of nitrogens with zero attached hydrogens (tertiary/aromatic N) is 1. The molecule has 0 saturated carbocycles. The molecular weight excluding hydrogens is 256 g/mol. The van der Waals surface area contributed by atoms with Gasteiger partial charge in [-0.05, 0) is 50.4 Å². The average molecular weight is 282 g/mol. The van der Waals surface area contributed by atoms with E-state index in [9.17, 15) is 0 Å². The monoisotopic (exact) mass is 282 g/mol. The summed E-state index contributed by atoms with van der Waals surface area (Å²) in [5, 5.41) is 0. The third-order valence-corrected chi connectivity index (χ3v) is 3.91. The fourth-order valence-corrected chi connectivity index (χ4v) is 2.55. The molecule has 0 radical (unpaired) electrons. The Morgan fingerprint density at radius 3 is 2.29 bits per heavy atom. The van der Waals surface area contributed by atoms with Gasteiger partial charge in [0.1, 0.15) is 0 Å². The fraction of sp³-hybridized carbons (Fsp3) is 0.368. The highest BCUT2D eigenvalue weighted by Gasteiger charge is 2.11. The van der Waals surface area contributed by atoms with E-state index < -0.39 is 0 Å². The Balaban J connectivity index is 1.89. The van der Waals surface area contributed by atoms with Crippen molar-refractivity contribution < 1.29 is 0 Å². The second kappa shape index (κ2) is 7.84. The molecule has 0 aliphatic heterocycles. The Labute approximate surface area is 128 Å². The molecule has 2 rings (SSSR count). The molecule has 0 aromatic heterocycles. The van der Waals surface area contributed by atoms with Crippen LogP contribution in [-0.4, -0.2) is 17.5 Å². The number of nitrogens with two attached hydrogens (primary N) is 1. The molecule has 2 aromatic carbocycles. The van der Waals surface area contributed by atoms with Gasteiger partial charge < -0.3 is 5.73 Å². The number of hydrogen-bond donors (Lipinski definition) is 1. The SMILES string of the molecule is CC(C)N(CCCc1ccccc1)Cc1ccccc1N. The maximum absolute atomic E-state index is 6.06. The van der Waals surface area contributed by atoms with Crippen LogP contribution >= 0.6 is 0 Å². The summed E-state index contributed by atoms with van der Waals surface area (Å²) in [6.45, 7) is 6.53. The summed E-state index contributed by atoms with van der Waals surface area (Å²) in [5.74, 6) is 0. The first kappa shape index (κ1) is 15.6. The van der Waals surface area contributed by atoms with Crippen molar-refractivity contribution in [1.29, 1.82) is 0 Å². The van der Waals surface area contributed by atoms with Crippen LogP contribution in [0.3, 0.4) is 0 Å². The highest BCUT2D eigenvalue weighted by Crippen LogP contribution is 2.16. The van der Waals surface area contributed by atoms with Gasteiger partial charge in [-0.15, -0.1) is 0 Å². The molecule has 2 N–H and O–H groups in total. The summed E-state index contributed by atoms with van der Waals surface area (Å²) >= 11 is 0. The zero-order chi connectivity index (χ0) is 15.1. The molecule has 21 heavy (non-hydrogen) atoms. The molecule has 0 fully saturated rings. The maximum atomic E-state index is 6.06. The zero-order valence-corrected chi connectivity index (χ0v) is 13.1. The van der Waals surface area contributed by atoms with Crippen molar-refractivity contribution in [2.75, 3.05) is 12.3 Å². The van der Waals surface area contributed by atoms with Crippen molar-refractivity contribution in [3.63, 3.8) is 0 Å². The Hall–Kier alpha value is -1.80. The lowest BCUT2D eigenvalue weighted by atomic mass is 10.1. The molecule has 0 unspecified atom stereocenters. The second-order valence-electron chi connectivity index (χ2n) is 5.85. The maximum Gasteiger partial charge on any atom is 0.0359 e. The van der Waals surface area contributed by atoms with Crippen molar-refractivity contribution in [3.05, 3.63) is 65.7 Å². The summed E-state index contributed by atoms with van der Waals surface area (Å²) in [7, 11) is 0. The number of benzene rings is 2. The van der Waals surface area contributed by atoms with Gasteiger partial charge in [0.05, 0.1) is 0 Å². The highest BCUT2D eigenvalue weighted by molar-refractivity contribution is 5.46. The third kappa shape index (κ3) is 4.91. The fourth-order valence-electron chi connectivity index (χ4n) is 2.55. The minimum atomic E-state index is 0.528. The van der Waals surface area contributed by atoms with E-state index in [1.54, 1.807) is 0 Å². The van der Waals surface area contributed by atoms with E-state index in [-0.39, 0.29) is 0 Å². The van der Waals surface area contributed by atoms with Crippen LogP contribution in [0.25, 0.3) is 0 Å². The summed E-state index contributed by atoms with van der Waals surface area (Å²) in [5.41, 5.74) is 9.60. The molecule has 0 amide bonds. The Bertz CT molecular complexity index is 534. The first-order valence-corrected chi connectivity index (χ1v) is 7.78. The van der Waals surface area contributed by atoms with Gasteiger partial charge >= 0.3 is 0 Å². The van der Waals surface area contributed by atoms with Gasteiger partial charge in [-0.3, -0.25) is 4.90 Å². The molecule has 2 nitrogen and oxygen atoms in total. The first-order valence-electron chi connectivity index (χ1n) is 7.78. The molecule has 0 spiro atoms. The molecule has 0 aliphatic rings. The Morgan fingerprint density at radius 2 is 1.62 bits per heavy atom. The number of rotatable bonds is 7. The van der Waals surface area contributed by atoms with E-state index in [2.05, 4.69) is 61.2 Å². The van der Waals surface area contributed by atoms with Gasteiger partial charge in [-0.2, -0.15) is 0 Å². The lowest BCUT2D eigenvalue weighted by Gasteiger charge is -2.27. The number of aryl methyl sites for hydroxylation is 1. The molecular formula is C19H26N2. The topological polar surface area (TPSA) is 29.3 Å². The number of hydrogen-bond acceptors (Lipinski definition) is 2. The first-order chi connectivity index (χ1) is 10.2. The molecule has 2 aromatic rings. The molecule has 0 saturated heterocycles. The van der Waals surface area contributed by atoms with Crippen LogP contribution in [0.2, 0.25) is 0 Å². The molecule has 0 bridgehead atoms. The van der Waals surface area contributed by atoms with Gasteiger partial charge in [0, 0.05) is 18.3 Å². The quantitative estimate of drug-likeness (QED) is 0.774.